The molecule has 2 aromatic carbocycles. The third-order valence-corrected chi connectivity index (χ3v) is 4.97. The number of amides is 1. The van der Waals surface area contributed by atoms with Gasteiger partial charge in [-0.15, -0.1) is 10.2 Å². The average molecular weight is 411 g/mol. The number of para-hydroxylation sites is 1. The number of ether oxygens (including phenoxy) is 3. The number of benzene rings is 2. The average Bonchev–Trinajstić information content (AvgIpc) is 2.78. The number of nitrogens with zero attached hydrogens (tertiary/aromatic N) is 2. The minimum Gasteiger partial charge on any atom is -0.497 e. The molecule has 0 saturated carbocycles. The zero-order valence-corrected chi connectivity index (χ0v) is 17.2. The topological polar surface area (TPSA) is 82.6 Å². The third-order valence-electron chi connectivity index (χ3n) is 4.05. The maximum atomic E-state index is 12.3. The number of carbonyl (C=O) groups is 1. The van der Waals surface area contributed by atoms with Gasteiger partial charge < -0.3 is 19.5 Å². The highest BCUT2D eigenvalue weighted by atomic mass is 32.2. The number of anilines is 1. The number of hydrogen-bond acceptors (Lipinski definition) is 7. The van der Waals surface area contributed by atoms with Gasteiger partial charge in [-0.2, -0.15) is 0 Å². The first-order valence-corrected chi connectivity index (χ1v) is 9.75. The molecular weight excluding hydrogens is 390 g/mol. The van der Waals surface area contributed by atoms with Crippen LogP contribution < -0.4 is 19.5 Å². The summed E-state index contributed by atoms with van der Waals surface area (Å²) in [7, 11) is 4.73. The number of rotatable bonds is 8. The molecule has 1 aromatic heterocycles. The highest BCUT2D eigenvalue weighted by molar-refractivity contribution is 7.99. The number of nitrogens with one attached hydrogen (secondary N) is 1. The van der Waals surface area contributed by atoms with Crippen LogP contribution in [0.2, 0.25) is 0 Å². The Kier molecular flexibility index (Phi) is 6.91. The van der Waals surface area contributed by atoms with Gasteiger partial charge in [0, 0.05) is 11.6 Å². The Morgan fingerprint density at radius 1 is 0.931 bits per heavy atom. The van der Waals surface area contributed by atoms with Crippen LogP contribution in [-0.4, -0.2) is 43.2 Å². The predicted octanol–water partition coefficient (Wildman–Crippen LogP) is 3.90. The van der Waals surface area contributed by atoms with Gasteiger partial charge in [-0.05, 0) is 36.4 Å². The van der Waals surface area contributed by atoms with Gasteiger partial charge in [-0.1, -0.05) is 23.9 Å². The Bertz CT molecular complexity index is 980. The molecule has 29 heavy (non-hydrogen) atoms. The van der Waals surface area contributed by atoms with Crippen molar-refractivity contribution in [2.45, 2.75) is 5.03 Å². The number of hydrogen-bond donors (Lipinski definition) is 1. The van der Waals surface area contributed by atoms with E-state index in [4.69, 9.17) is 14.2 Å². The van der Waals surface area contributed by atoms with E-state index in [2.05, 4.69) is 15.5 Å². The van der Waals surface area contributed by atoms with E-state index in [9.17, 15) is 4.79 Å². The molecule has 1 N–H and O–H groups in total. The summed E-state index contributed by atoms with van der Waals surface area (Å²) >= 11 is 1.30. The number of methoxy groups -OCH3 is 3. The fraction of sp³-hybridized carbons (Fsp3) is 0.190. The van der Waals surface area contributed by atoms with Gasteiger partial charge in [0.1, 0.15) is 22.3 Å². The SMILES string of the molecule is COc1ccc(OC)c(NC(=O)CSc2ccc(-c3ccccc3OC)nn2)c1. The van der Waals surface area contributed by atoms with Gasteiger partial charge in [-0.3, -0.25) is 4.79 Å². The highest BCUT2D eigenvalue weighted by Crippen LogP contribution is 2.30. The maximum absolute atomic E-state index is 12.3. The Morgan fingerprint density at radius 3 is 2.41 bits per heavy atom. The van der Waals surface area contributed by atoms with E-state index >= 15 is 0 Å². The van der Waals surface area contributed by atoms with Crippen LogP contribution in [0.15, 0.2) is 59.6 Å². The molecule has 1 heterocycles. The molecule has 7 nitrogen and oxygen atoms in total. The first-order chi connectivity index (χ1) is 14.1. The van der Waals surface area contributed by atoms with Crippen LogP contribution in [0.25, 0.3) is 11.3 Å². The van der Waals surface area contributed by atoms with Gasteiger partial charge in [0.15, 0.2) is 0 Å². The summed E-state index contributed by atoms with van der Waals surface area (Å²) < 4.78 is 15.8. The number of aromatic nitrogens is 2. The zero-order chi connectivity index (χ0) is 20.6. The quantitative estimate of drug-likeness (QED) is 0.563. The fourth-order valence-electron chi connectivity index (χ4n) is 2.63. The molecule has 3 rings (SSSR count). The van der Waals surface area contributed by atoms with Gasteiger partial charge >= 0.3 is 0 Å². The van der Waals surface area contributed by atoms with Crippen molar-refractivity contribution in [3.63, 3.8) is 0 Å². The first kappa shape index (κ1) is 20.5. The van der Waals surface area contributed by atoms with Gasteiger partial charge in [0.05, 0.1) is 38.5 Å². The van der Waals surface area contributed by atoms with Crippen LogP contribution >= 0.6 is 11.8 Å². The predicted molar refractivity (Wildman–Crippen MR) is 113 cm³/mol. The highest BCUT2D eigenvalue weighted by Gasteiger charge is 2.11. The Labute approximate surface area is 173 Å². The summed E-state index contributed by atoms with van der Waals surface area (Å²) in [5.41, 5.74) is 2.12. The standard InChI is InChI=1S/C21H21N3O4S/c1-26-14-8-10-19(28-3)17(12-14)22-20(25)13-29-21-11-9-16(23-24-21)15-6-4-5-7-18(15)27-2/h4-12H,13H2,1-3H3,(H,22,25). The van der Waals surface area contributed by atoms with Crippen LogP contribution in [0, 0.1) is 0 Å². The molecule has 0 aliphatic rings. The molecule has 0 bridgehead atoms. The summed E-state index contributed by atoms with van der Waals surface area (Å²) in [6.07, 6.45) is 0. The van der Waals surface area contributed by atoms with Gasteiger partial charge in [0.2, 0.25) is 5.91 Å². The minimum absolute atomic E-state index is 0.183. The van der Waals surface area contributed by atoms with E-state index in [-0.39, 0.29) is 11.7 Å². The lowest BCUT2D eigenvalue weighted by Gasteiger charge is -2.11. The summed E-state index contributed by atoms with van der Waals surface area (Å²) in [5, 5.41) is 11.9. The minimum atomic E-state index is -0.183. The Balaban J connectivity index is 1.62. The van der Waals surface area contributed by atoms with Gasteiger partial charge in [0.25, 0.3) is 0 Å². The van der Waals surface area contributed by atoms with Crippen molar-refractivity contribution in [2.24, 2.45) is 0 Å². The summed E-state index contributed by atoms with van der Waals surface area (Å²) in [4.78, 5) is 12.3. The molecule has 0 unspecified atom stereocenters. The second-order valence-electron chi connectivity index (χ2n) is 5.86. The van der Waals surface area contributed by atoms with E-state index in [1.807, 2.05) is 36.4 Å². The molecule has 1 amide bonds. The van der Waals surface area contributed by atoms with E-state index < -0.39 is 0 Å². The molecule has 0 saturated heterocycles. The van der Waals surface area contributed by atoms with Crippen molar-refractivity contribution < 1.29 is 19.0 Å². The largest absolute Gasteiger partial charge is 0.497 e. The number of carbonyl (C=O) groups excluding carboxylic acids is 1. The van der Waals surface area contributed by atoms with E-state index in [0.29, 0.717) is 27.9 Å². The number of thioether (sulfide) groups is 1. The van der Waals surface area contributed by atoms with Crippen molar-refractivity contribution >= 4 is 23.4 Å². The lowest BCUT2D eigenvalue weighted by molar-refractivity contribution is -0.113. The molecule has 0 atom stereocenters. The fourth-order valence-corrected chi connectivity index (χ4v) is 3.25. The Hall–Kier alpha value is -3.26. The summed E-state index contributed by atoms with van der Waals surface area (Å²) in [6.45, 7) is 0. The smallest absolute Gasteiger partial charge is 0.234 e. The second kappa shape index (κ2) is 9.79. The van der Waals surface area contributed by atoms with E-state index in [1.54, 1.807) is 39.5 Å². The summed E-state index contributed by atoms with van der Waals surface area (Å²) in [6, 6.07) is 16.5. The van der Waals surface area contributed by atoms with Crippen LogP contribution in [0.1, 0.15) is 0 Å². The van der Waals surface area contributed by atoms with Crippen LogP contribution in [0.5, 0.6) is 17.2 Å². The maximum Gasteiger partial charge on any atom is 0.234 e. The lowest BCUT2D eigenvalue weighted by Crippen LogP contribution is -2.15. The molecule has 0 fully saturated rings. The molecule has 150 valence electrons. The lowest BCUT2D eigenvalue weighted by atomic mass is 10.1. The first-order valence-electron chi connectivity index (χ1n) is 8.76. The monoisotopic (exact) mass is 411 g/mol. The molecule has 0 aliphatic carbocycles. The molecule has 3 aromatic rings. The van der Waals surface area contributed by atoms with E-state index in [0.717, 1.165) is 11.3 Å². The molecule has 0 radical (unpaired) electrons. The third kappa shape index (κ3) is 5.17. The van der Waals surface area contributed by atoms with Crippen molar-refractivity contribution in [1.29, 1.82) is 0 Å². The normalized spacial score (nSPS) is 10.3. The van der Waals surface area contributed by atoms with Crippen molar-refractivity contribution in [3.05, 3.63) is 54.6 Å². The second-order valence-corrected chi connectivity index (χ2v) is 6.86. The van der Waals surface area contributed by atoms with E-state index in [1.165, 1.54) is 11.8 Å². The molecule has 8 heteroatoms. The van der Waals surface area contributed by atoms with Crippen molar-refractivity contribution in [1.82, 2.24) is 10.2 Å². The van der Waals surface area contributed by atoms with Gasteiger partial charge in [-0.25, -0.2) is 0 Å². The van der Waals surface area contributed by atoms with Crippen molar-refractivity contribution in [2.75, 3.05) is 32.4 Å². The van der Waals surface area contributed by atoms with Crippen LogP contribution in [-0.2, 0) is 4.79 Å². The summed E-state index contributed by atoms with van der Waals surface area (Å²) in [5.74, 6) is 1.92. The Morgan fingerprint density at radius 2 is 1.72 bits per heavy atom. The van der Waals surface area contributed by atoms with Crippen LogP contribution in [0.3, 0.4) is 0 Å². The van der Waals surface area contributed by atoms with Crippen molar-refractivity contribution in [3.8, 4) is 28.5 Å². The van der Waals surface area contributed by atoms with Crippen LogP contribution in [0.4, 0.5) is 5.69 Å². The zero-order valence-electron chi connectivity index (χ0n) is 16.3. The molecule has 0 spiro atoms. The molecular formula is C21H21N3O4S. The molecule has 0 aliphatic heterocycles.